The summed E-state index contributed by atoms with van der Waals surface area (Å²) in [4.78, 5) is 13.5. The van der Waals surface area contributed by atoms with E-state index in [1.807, 2.05) is 19.0 Å². The zero-order valence-corrected chi connectivity index (χ0v) is 8.92. The topological polar surface area (TPSA) is 44.4 Å². The zero-order chi connectivity index (χ0) is 10.1. The predicted molar refractivity (Wildman–Crippen MR) is 55.0 cm³/mol. The number of carbonyl (C=O) groups is 1. The van der Waals surface area contributed by atoms with Gasteiger partial charge in [-0.15, -0.1) is 0 Å². The molecule has 1 aliphatic carbocycles. The first-order valence-corrected chi connectivity index (χ1v) is 5.33. The second-order valence-corrected chi connectivity index (χ2v) is 4.63. The highest BCUT2D eigenvalue weighted by atomic mass is 16.1. The van der Waals surface area contributed by atoms with Gasteiger partial charge in [0.15, 0.2) is 0 Å². The molecular weight excluding hydrogens is 178 g/mol. The van der Waals surface area contributed by atoms with E-state index in [-0.39, 0.29) is 5.91 Å². The van der Waals surface area contributed by atoms with Gasteiger partial charge >= 0.3 is 0 Å². The molecule has 1 amide bonds. The van der Waals surface area contributed by atoms with E-state index in [2.05, 4.69) is 10.6 Å². The normalized spacial score (nSPS) is 34.4. The maximum absolute atomic E-state index is 11.5. The van der Waals surface area contributed by atoms with Gasteiger partial charge in [0, 0.05) is 32.1 Å². The van der Waals surface area contributed by atoms with Crippen molar-refractivity contribution in [1.29, 1.82) is 0 Å². The molecule has 2 rings (SSSR count). The van der Waals surface area contributed by atoms with Crippen molar-refractivity contribution in [2.75, 3.05) is 33.7 Å². The average molecular weight is 197 g/mol. The molecule has 0 radical (unpaired) electrons. The van der Waals surface area contributed by atoms with Crippen LogP contribution in [-0.2, 0) is 4.79 Å². The molecule has 0 spiro atoms. The third-order valence-corrected chi connectivity index (χ3v) is 3.21. The van der Waals surface area contributed by atoms with Gasteiger partial charge in [0.1, 0.15) is 0 Å². The fourth-order valence-electron chi connectivity index (χ4n) is 2.22. The molecule has 2 unspecified atom stereocenters. The number of nitrogens with zero attached hydrogens (tertiary/aromatic N) is 1. The van der Waals surface area contributed by atoms with Gasteiger partial charge in [-0.2, -0.15) is 0 Å². The Labute approximate surface area is 85.0 Å². The van der Waals surface area contributed by atoms with E-state index in [0.717, 1.165) is 31.5 Å². The van der Waals surface area contributed by atoms with Crippen LogP contribution in [0.4, 0.5) is 0 Å². The van der Waals surface area contributed by atoms with E-state index in [1.165, 1.54) is 0 Å². The van der Waals surface area contributed by atoms with Gasteiger partial charge in [-0.1, -0.05) is 0 Å². The Balaban J connectivity index is 1.64. The van der Waals surface area contributed by atoms with Gasteiger partial charge in [0.2, 0.25) is 5.91 Å². The smallest absolute Gasteiger partial charge is 0.221 e. The highest BCUT2D eigenvalue weighted by Crippen LogP contribution is 2.41. The Kier molecular flexibility index (Phi) is 2.74. The summed E-state index contributed by atoms with van der Waals surface area (Å²) < 4.78 is 0. The number of amides is 1. The quantitative estimate of drug-likeness (QED) is 0.624. The maximum atomic E-state index is 11.5. The Hall–Kier alpha value is -0.610. The summed E-state index contributed by atoms with van der Waals surface area (Å²) in [5, 5.41) is 6.42. The molecule has 0 aromatic carbocycles. The Bertz CT molecular complexity index is 219. The molecule has 4 heteroatoms. The van der Waals surface area contributed by atoms with Crippen LogP contribution in [0.1, 0.15) is 6.42 Å². The summed E-state index contributed by atoms with van der Waals surface area (Å²) in [6, 6.07) is 0.478. The van der Waals surface area contributed by atoms with Crippen molar-refractivity contribution in [1.82, 2.24) is 15.5 Å². The molecule has 0 aromatic heterocycles. The average Bonchev–Trinajstić information content (AvgIpc) is 2.63. The lowest BCUT2D eigenvalue weighted by Crippen LogP contribution is -2.34. The molecule has 0 bridgehead atoms. The van der Waals surface area contributed by atoms with Crippen molar-refractivity contribution in [2.45, 2.75) is 12.5 Å². The number of carbonyl (C=O) groups excluding carboxylic acids is 1. The second kappa shape index (κ2) is 3.87. The first kappa shape index (κ1) is 9.93. The molecule has 0 aromatic rings. The van der Waals surface area contributed by atoms with Crippen molar-refractivity contribution in [2.24, 2.45) is 11.8 Å². The minimum atomic E-state index is 0.207. The molecular formula is C10H19N3O. The first-order valence-electron chi connectivity index (χ1n) is 5.33. The molecule has 2 fully saturated rings. The van der Waals surface area contributed by atoms with Crippen molar-refractivity contribution in [3.05, 3.63) is 0 Å². The molecule has 4 nitrogen and oxygen atoms in total. The number of fused-ring (bicyclic) bond motifs is 1. The third kappa shape index (κ3) is 2.07. The van der Waals surface area contributed by atoms with Crippen molar-refractivity contribution >= 4 is 5.91 Å². The second-order valence-electron chi connectivity index (χ2n) is 4.63. The monoisotopic (exact) mass is 197 g/mol. The number of rotatable bonds is 4. The lowest BCUT2D eigenvalue weighted by Gasteiger charge is -2.10. The minimum absolute atomic E-state index is 0.207. The van der Waals surface area contributed by atoms with Crippen molar-refractivity contribution in [3.63, 3.8) is 0 Å². The molecule has 1 heterocycles. The number of hydrogen-bond donors (Lipinski definition) is 2. The molecule has 80 valence electrons. The molecule has 2 aliphatic rings. The summed E-state index contributed by atoms with van der Waals surface area (Å²) >= 11 is 0. The molecule has 14 heavy (non-hydrogen) atoms. The van der Waals surface area contributed by atoms with Gasteiger partial charge in [0.05, 0.1) is 0 Å². The summed E-state index contributed by atoms with van der Waals surface area (Å²) in [5.74, 6) is 1.65. The molecule has 1 saturated carbocycles. The maximum Gasteiger partial charge on any atom is 0.221 e. The van der Waals surface area contributed by atoms with Crippen LogP contribution in [0.5, 0.6) is 0 Å². The molecule has 2 atom stereocenters. The van der Waals surface area contributed by atoms with Crippen LogP contribution in [0.2, 0.25) is 0 Å². The standard InChI is InChI=1S/C10H19N3O/c1-13(2)4-3-9(14)12-10-7-5-11-6-8(7)10/h7-8,10-11H,3-6H2,1-2H3,(H,12,14). The number of nitrogens with one attached hydrogen (secondary N) is 2. The minimum Gasteiger partial charge on any atom is -0.353 e. The van der Waals surface area contributed by atoms with Crippen LogP contribution in [0, 0.1) is 11.8 Å². The van der Waals surface area contributed by atoms with E-state index >= 15 is 0 Å². The lowest BCUT2D eigenvalue weighted by atomic mass is 10.3. The van der Waals surface area contributed by atoms with Crippen LogP contribution in [0.3, 0.4) is 0 Å². The van der Waals surface area contributed by atoms with Crippen LogP contribution in [-0.4, -0.2) is 50.6 Å². The number of piperidine rings is 1. The van der Waals surface area contributed by atoms with Gasteiger partial charge in [-0.25, -0.2) is 0 Å². The van der Waals surface area contributed by atoms with E-state index in [0.29, 0.717) is 12.5 Å². The third-order valence-electron chi connectivity index (χ3n) is 3.21. The SMILES string of the molecule is CN(C)CCC(=O)NC1C2CNCC21. The van der Waals surface area contributed by atoms with Crippen LogP contribution < -0.4 is 10.6 Å². The summed E-state index contributed by atoms with van der Waals surface area (Å²) in [5.41, 5.74) is 0. The van der Waals surface area contributed by atoms with Gasteiger partial charge < -0.3 is 15.5 Å². The Morgan fingerprint density at radius 2 is 2.07 bits per heavy atom. The number of hydrogen-bond acceptors (Lipinski definition) is 3. The molecule has 1 aliphatic heterocycles. The highest BCUT2D eigenvalue weighted by molar-refractivity contribution is 5.77. The largest absolute Gasteiger partial charge is 0.353 e. The van der Waals surface area contributed by atoms with Gasteiger partial charge in [-0.05, 0) is 25.9 Å². The highest BCUT2D eigenvalue weighted by Gasteiger charge is 2.53. The first-order chi connectivity index (χ1) is 6.68. The molecule has 1 saturated heterocycles. The summed E-state index contributed by atoms with van der Waals surface area (Å²) in [6.45, 7) is 3.01. The van der Waals surface area contributed by atoms with E-state index in [4.69, 9.17) is 0 Å². The zero-order valence-electron chi connectivity index (χ0n) is 8.92. The fourth-order valence-corrected chi connectivity index (χ4v) is 2.22. The fraction of sp³-hybridized carbons (Fsp3) is 0.900. The molecule has 2 N–H and O–H groups in total. The van der Waals surface area contributed by atoms with Crippen LogP contribution in [0.15, 0.2) is 0 Å². The summed E-state index contributed by atoms with van der Waals surface area (Å²) in [7, 11) is 3.98. The van der Waals surface area contributed by atoms with Gasteiger partial charge in [-0.3, -0.25) is 4.79 Å². The summed E-state index contributed by atoms with van der Waals surface area (Å²) in [6.07, 6.45) is 0.621. The van der Waals surface area contributed by atoms with Crippen molar-refractivity contribution in [3.8, 4) is 0 Å². The Morgan fingerprint density at radius 3 is 2.64 bits per heavy atom. The van der Waals surface area contributed by atoms with Crippen LogP contribution >= 0.6 is 0 Å². The lowest BCUT2D eigenvalue weighted by molar-refractivity contribution is -0.121. The Morgan fingerprint density at radius 1 is 1.43 bits per heavy atom. The van der Waals surface area contributed by atoms with Gasteiger partial charge in [0.25, 0.3) is 0 Å². The van der Waals surface area contributed by atoms with E-state index in [1.54, 1.807) is 0 Å². The van der Waals surface area contributed by atoms with E-state index < -0.39 is 0 Å². The van der Waals surface area contributed by atoms with Crippen LogP contribution in [0.25, 0.3) is 0 Å². The van der Waals surface area contributed by atoms with Crippen molar-refractivity contribution < 1.29 is 4.79 Å². The predicted octanol–water partition coefficient (Wildman–Crippen LogP) is -0.728. The van der Waals surface area contributed by atoms with E-state index in [9.17, 15) is 4.79 Å².